The molecule has 2 fully saturated rings. The number of amides is 1. The average Bonchev–Trinajstić information content (AvgIpc) is 3.21. The highest BCUT2D eigenvalue weighted by atomic mass is 16.5. The van der Waals surface area contributed by atoms with Crippen LogP contribution in [0.4, 0.5) is 0 Å². The summed E-state index contributed by atoms with van der Waals surface area (Å²) in [5, 5.41) is 8.88. The minimum atomic E-state index is -0.272. The normalized spacial score (nSPS) is 20.4. The van der Waals surface area contributed by atoms with Gasteiger partial charge in [-0.3, -0.25) is 9.59 Å². The summed E-state index contributed by atoms with van der Waals surface area (Å²) in [5.74, 6) is 0.943. The van der Waals surface area contributed by atoms with Crippen LogP contribution >= 0.6 is 0 Å². The third kappa shape index (κ3) is 3.16. The molecule has 1 amide bonds. The number of carbonyl (C=O) groups excluding carboxylic acids is 1. The monoisotopic (exact) mass is 357 g/mol. The molecule has 0 spiro atoms. The number of likely N-dealkylation sites (tertiary alicyclic amines) is 1. The molecule has 0 N–H and O–H groups in total. The summed E-state index contributed by atoms with van der Waals surface area (Å²) in [6.45, 7) is 6.35. The van der Waals surface area contributed by atoms with E-state index in [-0.39, 0.29) is 23.5 Å². The maximum atomic E-state index is 12.3. The number of hydrogen-bond donors (Lipinski definition) is 0. The van der Waals surface area contributed by atoms with Crippen molar-refractivity contribution < 1.29 is 9.53 Å². The van der Waals surface area contributed by atoms with Crippen molar-refractivity contribution in [1.82, 2.24) is 24.5 Å². The molecule has 0 aromatic carbocycles. The predicted molar refractivity (Wildman–Crippen MR) is 94.1 cm³/mol. The Kier molecular flexibility index (Phi) is 4.36. The molecule has 2 saturated heterocycles. The van der Waals surface area contributed by atoms with Crippen LogP contribution in [-0.4, -0.2) is 56.2 Å². The van der Waals surface area contributed by atoms with Gasteiger partial charge in [0.15, 0.2) is 5.82 Å². The lowest BCUT2D eigenvalue weighted by molar-refractivity contribution is -0.147. The smallest absolute Gasteiger partial charge is 0.266 e. The molecule has 0 radical (unpaired) electrons. The van der Waals surface area contributed by atoms with Crippen molar-refractivity contribution in [1.29, 1.82) is 0 Å². The van der Waals surface area contributed by atoms with Gasteiger partial charge in [0, 0.05) is 37.4 Å². The van der Waals surface area contributed by atoms with Crippen LogP contribution in [0.1, 0.15) is 24.2 Å². The van der Waals surface area contributed by atoms with Crippen molar-refractivity contribution in [2.75, 3.05) is 19.7 Å². The van der Waals surface area contributed by atoms with Crippen molar-refractivity contribution in [3.8, 4) is 5.82 Å². The SMILES string of the molecule is Cc1cc(C)n(-c2ccc(=O)n(CC3CN(C(=O)C4CCCO4)C3)n2)n1. The molecule has 138 valence electrons. The zero-order chi connectivity index (χ0) is 18.3. The number of ether oxygens (including phenoxy) is 1. The lowest BCUT2D eigenvalue weighted by atomic mass is 9.99. The Morgan fingerprint density at radius 1 is 1.27 bits per heavy atom. The second-order valence-corrected chi connectivity index (χ2v) is 7.16. The van der Waals surface area contributed by atoms with Gasteiger partial charge in [-0.15, -0.1) is 5.10 Å². The highest BCUT2D eigenvalue weighted by molar-refractivity contribution is 5.81. The molecule has 4 rings (SSSR count). The quantitative estimate of drug-likeness (QED) is 0.804. The van der Waals surface area contributed by atoms with E-state index < -0.39 is 0 Å². The van der Waals surface area contributed by atoms with E-state index in [1.807, 2.05) is 24.8 Å². The summed E-state index contributed by atoms with van der Waals surface area (Å²) in [6, 6.07) is 5.18. The number of aromatic nitrogens is 4. The van der Waals surface area contributed by atoms with Crippen molar-refractivity contribution in [3.05, 3.63) is 39.9 Å². The third-order valence-corrected chi connectivity index (χ3v) is 4.98. The molecule has 2 aliphatic heterocycles. The van der Waals surface area contributed by atoms with Crippen LogP contribution in [0.3, 0.4) is 0 Å². The average molecular weight is 357 g/mol. The van der Waals surface area contributed by atoms with Gasteiger partial charge >= 0.3 is 0 Å². The van der Waals surface area contributed by atoms with Crippen molar-refractivity contribution in [2.45, 2.75) is 39.3 Å². The van der Waals surface area contributed by atoms with E-state index >= 15 is 0 Å². The summed E-state index contributed by atoms with van der Waals surface area (Å²) in [5.41, 5.74) is 1.74. The van der Waals surface area contributed by atoms with E-state index in [1.165, 1.54) is 10.7 Å². The van der Waals surface area contributed by atoms with Crippen LogP contribution in [0, 0.1) is 19.8 Å². The second-order valence-electron chi connectivity index (χ2n) is 7.16. The number of rotatable bonds is 4. The zero-order valence-corrected chi connectivity index (χ0v) is 15.1. The maximum Gasteiger partial charge on any atom is 0.266 e. The van der Waals surface area contributed by atoms with Crippen LogP contribution in [-0.2, 0) is 16.1 Å². The lowest BCUT2D eigenvalue weighted by Crippen LogP contribution is -2.55. The Labute approximate surface area is 151 Å². The topological polar surface area (TPSA) is 82.2 Å². The molecule has 0 saturated carbocycles. The van der Waals surface area contributed by atoms with Gasteiger partial charge in [0.1, 0.15) is 6.10 Å². The van der Waals surface area contributed by atoms with Gasteiger partial charge < -0.3 is 9.64 Å². The predicted octanol–water partition coefficient (Wildman–Crippen LogP) is 0.683. The summed E-state index contributed by atoms with van der Waals surface area (Å²) < 4.78 is 8.67. The fourth-order valence-corrected chi connectivity index (χ4v) is 3.63. The molecule has 1 atom stereocenters. The molecule has 0 bridgehead atoms. The van der Waals surface area contributed by atoms with Gasteiger partial charge in [-0.25, -0.2) is 9.36 Å². The van der Waals surface area contributed by atoms with E-state index in [2.05, 4.69) is 10.2 Å². The first-order valence-electron chi connectivity index (χ1n) is 9.03. The maximum absolute atomic E-state index is 12.3. The lowest BCUT2D eigenvalue weighted by Gasteiger charge is -2.40. The van der Waals surface area contributed by atoms with Crippen LogP contribution in [0.5, 0.6) is 0 Å². The van der Waals surface area contributed by atoms with Crippen molar-refractivity contribution in [2.24, 2.45) is 5.92 Å². The first kappa shape index (κ1) is 17.0. The number of hydrogen-bond acceptors (Lipinski definition) is 5. The van der Waals surface area contributed by atoms with Gasteiger partial charge in [0.25, 0.3) is 11.5 Å². The molecular weight excluding hydrogens is 334 g/mol. The van der Waals surface area contributed by atoms with E-state index in [0.29, 0.717) is 32.1 Å². The van der Waals surface area contributed by atoms with Crippen LogP contribution in [0.2, 0.25) is 0 Å². The molecule has 1 unspecified atom stereocenters. The first-order valence-corrected chi connectivity index (χ1v) is 9.03. The molecular formula is C18H23N5O3. The summed E-state index contributed by atoms with van der Waals surface area (Å²) >= 11 is 0. The number of nitrogens with zero attached hydrogens (tertiary/aromatic N) is 5. The van der Waals surface area contributed by atoms with Crippen LogP contribution < -0.4 is 5.56 Å². The molecule has 8 heteroatoms. The second kappa shape index (κ2) is 6.68. The zero-order valence-electron chi connectivity index (χ0n) is 15.1. The number of carbonyl (C=O) groups is 1. The Bertz CT molecular complexity index is 875. The Balaban J connectivity index is 1.43. The molecule has 4 heterocycles. The minimum Gasteiger partial charge on any atom is -0.368 e. The molecule has 2 aromatic rings. The fraction of sp³-hybridized carbons (Fsp3) is 0.556. The van der Waals surface area contributed by atoms with Gasteiger partial charge in [-0.2, -0.15) is 5.10 Å². The summed E-state index contributed by atoms with van der Waals surface area (Å²) in [6.07, 6.45) is 1.49. The van der Waals surface area contributed by atoms with E-state index in [4.69, 9.17) is 4.74 Å². The first-order chi connectivity index (χ1) is 12.5. The molecule has 8 nitrogen and oxygen atoms in total. The van der Waals surface area contributed by atoms with Gasteiger partial charge in [-0.05, 0) is 38.8 Å². The van der Waals surface area contributed by atoms with E-state index in [1.54, 1.807) is 10.7 Å². The largest absolute Gasteiger partial charge is 0.368 e. The van der Waals surface area contributed by atoms with Crippen LogP contribution in [0.25, 0.3) is 5.82 Å². The van der Waals surface area contributed by atoms with Crippen molar-refractivity contribution >= 4 is 5.91 Å². The standard InChI is InChI=1S/C18H23N5O3/c1-12-8-13(2)23(19-12)16-5-6-17(24)22(20-16)11-14-9-21(10-14)18(25)15-4-3-7-26-15/h5-6,8,14-15H,3-4,7,9-11H2,1-2H3. The van der Waals surface area contributed by atoms with Crippen LogP contribution in [0.15, 0.2) is 23.0 Å². The molecule has 2 aliphatic rings. The van der Waals surface area contributed by atoms with E-state index in [0.717, 1.165) is 24.2 Å². The third-order valence-electron chi connectivity index (χ3n) is 4.98. The highest BCUT2D eigenvalue weighted by Gasteiger charge is 2.36. The Hall–Kier alpha value is -2.48. The van der Waals surface area contributed by atoms with Crippen molar-refractivity contribution in [3.63, 3.8) is 0 Å². The minimum absolute atomic E-state index is 0.0791. The van der Waals surface area contributed by atoms with Gasteiger partial charge in [0.05, 0.1) is 12.2 Å². The van der Waals surface area contributed by atoms with Gasteiger partial charge in [0.2, 0.25) is 0 Å². The molecule has 0 aliphatic carbocycles. The number of aryl methyl sites for hydroxylation is 2. The fourth-order valence-electron chi connectivity index (χ4n) is 3.63. The molecule has 26 heavy (non-hydrogen) atoms. The Morgan fingerprint density at radius 2 is 2.08 bits per heavy atom. The summed E-state index contributed by atoms with van der Waals surface area (Å²) in [4.78, 5) is 26.3. The van der Waals surface area contributed by atoms with E-state index in [9.17, 15) is 9.59 Å². The Morgan fingerprint density at radius 3 is 2.73 bits per heavy atom. The molecule has 2 aromatic heterocycles. The van der Waals surface area contributed by atoms with Gasteiger partial charge in [-0.1, -0.05) is 0 Å². The summed E-state index contributed by atoms with van der Waals surface area (Å²) in [7, 11) is 0. The highest BCUT2D eigenvalue weighted by Crippen LogP contribution is 2.22.